The molecule has 1 N–H and O–H groups in total. The van der Waals surface area contributed by atoms with Crippen molar-refractivity contribution in [2.24, 2.45) is 0 Å². The van der Waals surface area contributed by atoms with Gasteiger partial charge in [0.1, 0.15) is 5.76 Å². The van der Waals surface area contributed by atoms with E-state index in [-0.39, 0.29) is 11.8 Å². The fraction of sp³-hybridized carbons (Fsp3) is 0.615. The number of hydrogen-bond acceptors (Lipinski definition) is 4. The maximum atomic E-state index is 10.8. The maximum Gasteiger partial charge on any atom is 0.371 e. The zero-order valence-electron chi connectivity index (χ0n) is 11.1. The van der Waals surface area contributed by atoms with Crippen LogP contribution in [0.1, 0.15) is 36.2 Å². The Kier molecular flexibility index (Phi) is 3.73. The van der Waals surface area contributed by atoms with Crippen LogP contribution in [0.25, 0.3) is 0 Å². The molecule has 0 amide bonds. The summed E-state index contributed by atoms with van der Waals surface area (Å²) in [5, 5.41) is 8.86. The molecule has 1 aliphatic rings. The molecule has 2 atom stereocenters. The van der Waals surface area contributed by atoms with Gasteiger partial charge in [-0.1, -0.05) is 0 Å². The Morgan fingerprint density at radius 3 is 2.78 bits per heavy atom. The van der Waals surface area contributed by atoms with Crippen LogP contribution in [0.15, 0.2) is 16.5 Å². The quantitative estimate of drug-likeness (QED) is 0.887. The lowest BCUT2D eigenvalue weighted by Gasteiger charge is -2.41. The van der Waals surface area contributed by atoms with Crippen molar-refractivity contribution in [3.63, 3.8) is 0 Å². The molecule has 1 saturated heterocycles. The van der Waals surface area contributed by atoms with Crippen molar-refractivity contribution in [3.05, 3.63) is 23.7 Å². The molecule has 0 saturated carbocycles. The Morgan fingerprint density at radius 2 is 2.22 bits per heavy atom. The summed E-state index contributed by atoms with van der Waals surface area (Å²) in [6.45, 7) is 7.28. The van der Waals surface area contributed by atoms with Crippen LogP contribution < -0.4 is 0 Å². The van der Waals surface area contributed by atoms with Crippen molar-refractivity contribution in [2.45, 2.75) is 25.9 Å². The highest BCUT2D eigenvalue weighted by molar-refractivity contribution is 5.84. The van der Waals surface area contributed by atoms with Gasteiger partial charge in [0.2, 0.25) is 5.76 Å². The zero-order valence-corrected chi connectivity index (χ0v) is 11.1. The van der Waals surface area contributed by atoms with Gasteiger partial charge in [-0.15, -0.1) is 0 Å². The minimum Gasteiger partial charge on any atom is -0.475 e. The largest absolute Gasteiger partial charge is 0.475 e. The minimum absolute atomic E-state index is 0.0126. The summed E-state index contributed by atoms with van der Waals surface area (Å²) < 4.78 is 5.38. The van der Waals surface area contributed by atoms with Crippen LogP contribution in [-0.4, -0.2) is 53.6 Å². The number of likely N-dealkylation sites (N-methyl/N-ethyl adjacent to an activating group) is 1. The Bertz CT molecular complexity index is 430. The van der Waals surface area contributed by atoms with Gasteiger partial charge in [0.05, 0.1) is 6.04 Å². The molecule has 2 rings (SSSR count). The van der Waals surface area contributed by atoms with Gasteiger partial charge in [0, 0.05) is 25.7 Å². The molecule has 0 spiro atoms. The highest BCUT2D eigenvalue weighted by atomic mass is 16.4. The molecule has 18 heavy (non-hydrogen) atoms. The van der Waals surface area contributed by atoms with Gasteiger partial charge in [0.15, 0.2) is 0 Å². The summed E-state index contributed by atoms with van der Waals surface area (Å²) in [4.78, 5) is 15.5. The van der Waals surface area contributed by atoms with E-state index in [4.69, 9.17) is 9.52 Å². The first-order valence-corrected chi connectivity index (χ1v) is 6.26. The van der Waals surface area contributed by atoms with E-state index in [0.29, 0.717) is 6.04 Å². The Morgan fingerprint density at radius 1 is 1.50 bits per heavy atom. The summed E-state index contributed by atoms with van der Waals surface area (Å²) >= 11 is 0. The molecule has 1 aromatic heterocycles. The van der Waals surface area contributed by atoms with E-state index in [1.807, 2.05) is 0 Å². The molecular weight excluding hydrogens is 232 g/mol. The van der Waals surface area contributed by atoms with Crippen LogP contribution in [0.2, 0.25) is 0 Å². The fourth-order valence-electron chi connectivity index (χ4n) is 2.58. The van der Waals surface area contributed by atoms with Crippen molar-refractivity contribution >= 4 is 5.97 Å². The number of aromatic carboxylic acids is 1. The summed E-state index contributed by atoms with van der Waals surface area (Å²) in [7, 11) is 2.12. The van der Waals surface area contributed by atoms with Gasteiger partial charge < -0.3 is 14.4 Å². The number of carbonyl (C=O) groups is 1. The SMILES string of the molecule is CC1CN(C)CCN1C(C)c1ccc(C(=O)O)o1. The molecule has 5 heteroatoms. The molecule has 0 aromatic carbocycles. The molecular formula is C13H20N2O3. The van der Waals surface area contributed by atoms with E-state index in [9.17, 15) is 4.79 Å². The fourth-order valence-corrected chi connectivity index (χ4v) is 2.58. The standard InChI is InChI=1S/C13H20N2O3/c1-9-8-14(3)6-7-15(9)10(2)11-4-5-12(18-11)13(16)17/h4-5,9-10H,6-8H2,1-3H3,(H,16,17). The minimum atomic E-state index is -1.01. The topological polar surface area (TPSA) is 56.9 Å². The van der Waals surface area contributed by atoms with Gasteiger partial charge in [-0.25, -0.2) is 4.79 Å². The van der Waals surface area contributed by atoms with Crippen molar-refractivity contribution in [1.82, 2.24) is 9.80 Å². The van der Waals surface area contributed by atoms with Gasteiger partial charge in [-0.2, -0.15) is 0 Å². The number of nitrogens with zero attached hydrogens (tertiary/aromatic N) is 2. The van der Waals surface area contributed by atoms with Gasteiger partial charge in [-0.05, 0) is 33.0 Å². The molecule has 0 aliphatic carbocycles. The van der Waals surface area contributed by atoms with E-state index in [2.05, 4.69) is 30.7 Å². The van der Waals surface area contributed by atoms with Crippen LogP contribution in [-0.2, 0) is 0 Å². The molecule has 5 nitrogen and oxygen atoms in total. The normalized spacial score (nSPS) is 24.1. The van der Waals surface area contributed by atoms with Crippen molar-refractivity contribution in [1.29, 1.82) is 0 Å². The summed E-state index contributed by atoms with van der Waals surface area (Å²) in [5.74, 6) is -0.276. The molecule has 2 unspecified atom stereocenters. The first kappa shape index (κ1) is 13.1. The molecule has 1 fully saturated rings. The van der Waals surface area contributed by atoms with Gasteiger partial charge in [0.25, 0.3) is 0 Å². The molecule has 100 valence electrons. The van der Waals surface area contributed by atoms with E-state index in [0.717, 1.165) is 25.4 Å². The van der Waals surface area contributed by atoms with E-state index < -0.39 is 5.97 Å². The lowest BCUT2D eigenvalue weighted by molar-refractivity contribution is 0.0555. The lowest BCUT2D eigenvalue weighted by Crippen LogP contribution is -2.51. The van der Waals surface area contributed by atoms with Crippen molar-refractivity contribution in [3.8, 4) is 0 Å². The second kappa shape index (κ2) is 5.12. The first-order chi connectivity index (χ1) is 8.49. The number of furan rings is 1. The van der Waals surface area contributed by atoms with Gasteiger partial charge >= 0.3 is 5.97 Å². The number of carboxylic acids is 1. The third-order valence-electron chi connectivity index (χ3n) is 3.63. The van der Waals surface area contributed by atoms with E-state index >= 15 is 0 Å². The average molecular weight is 252 g/mol. The van der Waals surface area contributed by atoms with Crippen molar-refractivity contribution in [2.75, 3.05) is 26.7 Å². The van der Waals surface area contributed by atoms with Crippen LogP contribution >= 0.6 is 0 Å². The third-order valence-corrected chi connectivity index (χ3v) is 3.63. The van der Waals surface area contributed by atoms with Crippen LogP contribution in [0.4, 0.5) is 0 Å². The Labute approximate surface area is 107 Å². The number of hydrogen-bond donors (Lipinski definition) is 1. The number of carboxylic acid groups (broad SMARTS) is 1. The van der Waals surface area contributed by atoms with Crippen molar-refractivity contribution < 1.29 is 14.3 Å². The summed E-state index contributed by atoms with van der Waals surface area (Å²) in [6.07, 6.45) is 0. The van der Waals surface area contributed by atoms with Crippen LogP contribution in [0, 0.1) is 0 Å². The third kappa shape index (κ3) is 2.57. The smallest absolute Gasteiger partial charge is 0.371 e. The second-order valence-electron chi connectivity index (χ2n) is 5.03. The molecule has 2 heterocycles. The molecule has 1 aromatic rings. The number of piperazine rings is 1. The lowest BCUT2D eigenvalue weighted by atomic mass is 10.1. The highest BCUT2D eigenvalue weighted by Crippen LogP contribution is 2.26. The summed E-state index contributed by atoms with van der Waals surface area (Å²) in [5.41, 5.74) is 0. The second-order valence-corrected chi connectivity index (χ2v) is 5.03. The summed E-state index contributed by atoms with van der Waals surface area (Å²) in [6, 6.07) is 3.84. The van der Waals surface area contributed by atoms with E-state index in [1.165, 1.54) is 6.07 Å². The first-order valence-electron chi connectivity index (χ1n) is 6.26. The van der Waals surface area contributed by atoms with Crippen LogP contribution in [0.5, 0.6) is 0 Å². The maximum absolute atomic E-state index is 10.8. The Balaban J connectivity index is 2.10. The highest BCUT2D eigenvalue weighted by Gasteiger charge is 2.28. The predicted molar refractivity (Wildman–Crippen MR) is 67.7 cm³/mol. The predicted octanol–water partition coefficient (Wildman–Crippen LogP) is 1.67. The number of rotatable bonds is 3. The van der Waals surface area contributed by atoms with E-state index in [1.54, 1.807) is 6.07 Å². The van der Waals surface area contributed by atoms with Crippen LogP contribution in [0.3, 0.4) is 0 Å². The Hall–Kier alpha value is -1.33. The zero-order chi connectivity index (χ0) is 13.3. The average Bonchev–Trinajstić information content (AvgIpc) is 2.77. The monoisotopic (exact) mass is 252 g/mol. The molecule has 0 bridgehead atoms. The van der Waals surface area contributed by atoms with Gasteiger partial charge in [-0.3, -0.25) is 4.90 Å². The molecule has 1 aliphatic heterocycles. The molecule has 0 radical (unpaired) electrons.